The van der Waals surface area contributed by atoms with Gasteiger partial charge in [-0.3, -0.25) is 9.59 Å². The zero-order valence-electron chi connectivity index (χ0n) is 25.5. The molecule has 6 aromatic rings. The highest BCUT2D eigenvalue weighted by atomic mass is 16.1. The lowest BCUT2D eigenvalue weighted by atomic mass is 9.83. The molecule has 0 spiro atoms. The van der Waals surface area contributed by atoms with Crippen LogP contribution in [0.5, 0.6) is 0 Å². The van der Waals surface area contributed by atoms with E-state index in [1.54, 1.807) is 12.1 Å². The average Bonchev–Trinajstić information content (AvgIpc) is 3.07. The van der Waals surface area contributed by atoms with Crippen molar-refractivity contribution in [1.29, 1.82) is 0 Å². The first kappa shape index (κ1) is 28.1. The van der Waals surface area contributed by atoms with Crippen molar-refractivity contribution in [3.63, 3.8) is 0 Å². The Kier molecular flexibility index (Phi) is 7.11. The molecule has 7 rings (SSSR count). The summed E-state index contributed by atoms with van der Waals surface area (Å²) >= 11 is 0. The molecule has 0 heterocycles. The predicted octanol–water partition coefficient (Wildman–Crippen LogP) is 10.3. The number of ketones is 2. The molecule has 0 atom stereocenters. The van der Waals surface area contributed by atoms with Gasteiger partial charge in [-0.2, -0.15) is 0 Å². The molecule has 4 nitrogen and oxygen atoms in total. The predicted molar refractivity (Wildman–Crippen MR) is 183 cm³/mol. The Balaban J connectivity index is 1.31. The maximum absolute atomic E-state index is 14.1. The van der Waals surface area contributed by atoms with Gasteiger partial charge in [0.1, 0.15) is 0 Å². The van der Waals surface area contributed by atoms with Crippen LogP contribution in [0.4, 0.5) is 34.1 Å². The lowest BCUT2D eigenvalue weighted by molar-refractivity contribution is 0.0979. The summed E-state index contributed by atoms with van der Waals surface area (Å²) in [6.45, 7) is 6.18. The normalized spacial score (nSPS) is 12.0. The largest absolute Gasteiger partial charge is 0.310 e. The summed E-state index contributed by atoms with van der Waals surface area (Å²) in [6.07, 6.45) is 0. The summed E-state index contributed by atoms with van der Waals surface area (Å²) in [4.78, 5) is 32.4. The van der Waals surface area contributed by atoms with Crippen molar-refractivity contribution in [2.75, 3.05) is 9.80 Å². The van der Waals surface area contributed by atoms with Crippen molar-refractivity contribution in [3.05, 3.63) is 178 Å². The Morgan fingerprint density at radius 3 is 1.00 bits per heavy atom. The molecule has 0 unspecified atom stereocenters. The summed E-state index contributed by atoms with van der Waals surface area (Å²) in [6, 6.07) is 46.1. The van der Waals surface area contributed by atoms with Gasteiger partial charge in [0.05, 0.1) is 0 Å². The smallest absolute Gasteiger partial charge is 0.194 e. The zero-order valence-corrected chi connectivity index (χ0v) is 25.5. The van der Waals surface area contributed by atoms with Crippen molar-refractivity contribution in [2.24, 2.45) is 0 Å². The molecule has 0 amide bonds. The van der Waals surface area contributed by atoms with Crippen LogP contribution in [0.25, 0.3) is 0 Å². The minimum absolute atomic E-state index is 0.151. The first-order chi connectivity index (χ1) is 21.9. The van der Waals surface area contributed by atoms with Gasteiger partial charge < -0.3 is 9.80 Å². The quantitative estimate of drug-likeness (QED) is 0.195. The molecular weight excluding hydrogens is 552 g/mol. The monoisotopic (exact) mass is 584 g/mol. The molecule has 1 aliphatic rings. The van der Waals surface area contributed by atoms with E-state index in [9.17, 15) is 9.59 Å². The minimum atomic E-state index is -0.151. The maximum atomic E-state index is 14.1. The molecule has 0 aliphatic heterocycles. The highest BCUT2D eigenvalue weighted by molar-refractivity contribution is 6.29. The van der Waals surface area contributed by atoms with E-state index < -0.39 is 0 Å². The molecule has 218 valence electrons. The summed E-state index contributed by atoms with van der Waals surface area (Å²) in [5.74, 6) is -0.301. The van der Waals surface area contributed by atoms with Crippen LogP contribution in [-0.2, 0) is 0 Å². The SMILES string of the molecule is Cc1ccc(N(c2ccccc2)c2ccc3c(c2)C(=O)c2ccc(N(c4ccc(C)cc4)c4ccc(C)cc4)cc2C3=O)cc1. The molecule has 0 fully saturated rings. The van der Waals surface area contributed by atoms with Crippen LogP contribution in [0, 0.1) is 20.8 Å². The third-order valence-electron chi connectivity index (χ3n) is 8.39. The molecule has 0 radical (unpaired) electrons. The number of carbonyl (C=O) groups is 2. The van der Waals surface area contributed by atoms with Crippen LogP contribution in [0.15, 0.2) is 140 Å². The number of anilines is 6. The van der Waals surface area contributed by atoms with Gasteiger partial charge in [-0.05, 0) is 106 Å². The fraction of sp³-hybridized carbons (Fsp3) is 0.0732. The van der Waals surface area contributed by atoms with Gasteiger partial charge in [-0.1, -0.05) is 71.3 Å². The van der Waals surface area contributed by atoms with Gasteiger partial charge in [0.15, 0.2) is 11.6 Å². The van der Waals surface area contributed by atoms with E-state index in [0.29, 0.717) is 22.3 Å². The molecule has 4 heteroatoms. The minimum Gasteiger partial charge on any atom is -0.310 e. The Morgan fingerprint density at radius 1 is 0.333 bits per heavy atom. The van der Waals surface area contributed by atoms with Crippen LogP contribution in [0.1, 0.15) is 48.5 Å². The van der Waals surface area contributed by atoms with Crippen molar-refractivity contribution in [1.82, 2.24) is 0 Å². The van der Waals surface area contributed by atoms with Gasteiger partial charge in [-0.25, -0.2) is 0 Å². The topological polar surface area (TPSA) is 40.6 Å². The van der Waals surface area contributed by atoms with E-state index in [4.69, 9.17) is 0 Å². The van der Waals surface area contributed by atoms with Crippen molar-refractivity contribution < 1.29 is 9.59 Å². The van der Waals surface area contributed by atoms with Gasteiger partial charge in [0, 0.05) is 56.4 Å². The van der Waals surface area contributed by atoms with E-state index in [-0.39, 0.29) is 11.6 Å². The lowest BCUT2D eigenvalue weighted by Gasteiger charge is -2.28. The number of hydrogen-bond acceptors (Lipinski definition) is 4. The number of benzene rings is 6. The average molecular weight is 585 g/mol. The Bertz CT molecular complexity index is 2000. The highest BCUT2D eigenvalue weighted by Crippen LogP contribution is 2.40. The molecule has 45 heavy (non-hydrogen) atoms. The van der Waals surface area contributed by atoms with Gasteiger partial charge in [-0.15, -0.1) is 0 Å². The van der Waals surface area contributed by atoms with Gasteiger partial charge >= 0.3 is 0 Å². The zero-order chi connectivity index (χ0) is 31.1. The van der Waals surface area contributed by atoms with Crippen molar-refractivity contribution in [3.8, 4) is 0 Å². The first-order valence-corrected chi connectivity index (χ1v) is 15.1. The first-order valence-electron chi connectivity index (χ1n) is 15.1. The van der Waals surface area contributed by atoms with E-state index in [1.807, 2.05) is 54.6 Å². The van der Waals surface area contributed by atoms with Crippen LogP contribution in [-0.4, -0.2) is 11.6 Å². The highest BCUT2D eigenvalue weighted by Gasteiger charge is 2.31. The second-order valence-electron chi connectivity index (χ2n) is 11.6. The fourth-order valence-corrected chi connectivity index (χ4v) is 5.96. The third-order valence-corrected chi connectivity index (χ3v) is 8.39. The molecular formula is C41H32N2O2. The van der Waals surface area contributed by atoms with E-state index in [2.05, 4.69) is 103 Å². The molecule has 1 aliphatic carbocycles. The number of nitrogens with zero attached hydrogens (tertiary/aromatic N) is 2. The van der Waals surface area contributed by atoms with E-state index in [0.717, 1.165) is 50.8 Å². The van der Waals surface area contributed by atoms with Gasteiger partial charge in [0.25, 0.3) is 0 Å². The maximum Gasteiger partial charge on any atom is 0.194 e. The second-order valence-corrected chi connectivity index (χ2v) is 11.6. The molecule has 0 N–H and O–H groups in total. The molecule has 0 aromatic heterocycles. The van der Waals surface area contributed by atoms with Crippen LogP contribution >= 0.6 is 0 Å². The number of hydrogen-bond donors (Lipinski definition) is 0. The van der Waals surface area contributed by atoms with Crippen LogP contribution < -0.4 is 9.80 Å². The lowest BCUT2D eigenvalue weighted by Crippen LogP contribution is -2.22. The molecule has 0 saturated heterocycles. The number of rotatable bonds is 6. The molecule has 6 aromatic carbocycles. The molecule has 0 saturated carbocycles. The summed E-state index contributed by atoms with van der Waals surface area (Å²) in [7, 11) is 0. The van der Waals surface area contributed by atoms with Crippen molar-refractivity contribution >= 4 is 45.7 Å². The van der Waals surface area contributed by atoms with E-state index in [1.165, 1.54) is 0 Å². The number of para-hydroxylation sites is 1. The summed E-state index contributed by atoms with van der Waals surface area (Å²) < 4.78 is 0. The Morgan fingerprint density at radius 2 is 0.644 bits per heavy atom. The third kappa shape index (κ3) is 5.21. The Labute approximate surface area is 263 Å². The van der Waals surface area contributed by atoms with Gasteiger partial charge in [0.2, 0.25) is 0 Å². The number of fused-ring (bicyclic) bond motifs is 2. The summed E-state index contributed by atoms with van der Waals surface area (Å²) in [5, 5.41) is 0. The number of aryl methyl sites for hydroxylation is 3. The standard InChI is InChI=1S/C41H32N2O2/c1-27-9-15-31(16-10-27)42(30-7-5-4-6-8-30)34-21-23-36-38(25-34)40(44)37-24-22-35(26-39(37)41(36)45)43(32-17-11-28(2)12-18-32)33-19-13-29(3)14-20-33/h4-26H,1-3H3. The second kappa shape index (κ2) is 11.4. The summed E-state index contributed by atoms with van der Waals surface area (Å²) in [5.41, 5.74) is 10.7. The van der Waals surface area contributed by atoms with Crippen LogP contribution in [0.3, 0.4) is 0 Å². The fourth-order valence-electron chi connectivity index (χ4n) is 5.96. The molecule has 0 bridgehead atoms. The van der Waals surface area contributed by atoms with Crippen LogP contribution in [0.2, 0.25) is 0 Å². The van der Waals surface area contributed by atoms with E-state index >= 15 is 0 Å². The number of carbonyl (C=O) groups excluding carboxylic acids is 2. The van der Waals surface area contributed by atoms with Crippen molar-refractivity contribution in [2.45, 2.75) is 20.8 Å². The Hall–Kier alpha value is -5.74.